The SMILES string of the molecule is Cc1ccc(COc2ccc(Br)cc2/C=C2\SC(=Nc3ccc(C)cc3)N(c3ccc(C)cc3)C2=O)cc1. The number of carbonyl (C=O) groups is 1. The highest BCUT2D eigenvalue weighted by molar-refractivity contribution is 9.10. The van der Waals surface area contributed by atoms with Gasteiger partial charge >= 0.3 is 0 Å². The molecule has 1 fully saturated rings. The zero-order valence-electron chi connectivity index (χ0n) is 21.4. The summed E-state index contributed by atoms with van der Waals surface area (Å²) in [7, 11) is 0. The molecule has 1 aliphatic heterocycles. The predicted octanol–water partition coefficient (Wildman–Crippen LogP) is 8.76. The smallest absolute Gasteiger partial charge is 0.271 e. The van der Waals surface area contributed by atoms with Crippen molar-refractivity contribution in [2.75, 3.05) is 4.90 Å². The Morgan fingerprint density at radius 3 is 2.11 bits per heavy atom. The van der Waals surface area contributed by atoms with Crippen LogP contribution in [0.3, 0.4) is 0 Å². The number of aliphatic imine (C=N–C) groups is 1. The lowest BCUT2D eigenvalue weighted by Gasteiger charge is -2.16. The van der Waals surface area contributed by atoms with Gasteiger partial charge in [0.25, 0.3) is 5.91 Å². The molecule has 0 atom stereocenters. The van der Waals surface area contributed by atoms with E-state index in [0.29, 0.717) is 22.4 Å². The van der Waals surface area contributed by atoms with Gasteiger partial charge in [0, 0.05) is 10.0 Å². The number of hydrogen-bond acceptors (Lipinski definition) is 4. The Hall–Kier alpha value is -3.61. The van der Waals surface area contributed by atoms with Crippen LogP contribution < -0.4 is 9.64 Å². The minimum absolute atomic E-state index is 0.117. The summed E-state index contributed by atoms with van der Waals surface area (Å²) in [6.45, 7) is 6.58. The van der Waals surface area contributed by atoms with Crippen molar-refractivity contribution in [3.63, 3.8) is 0 Å². The topological polar surface area (TPSA) is 41.9 Å². The lowest BCUT2D eigenvalue weighted by Crippen LogP contribution is -2.28. The lowest BCUT2D eigenvalue weighted by atomic mass is 10.1. The molecule has 5 rings (SSSR count). The van der Waals surface area contributed by atoms with Gasteiger partial charge in [-0.15, -0.1) is 0 Å². The Kier molecular flexibility index (Phi) is 7.82. The van der Waals surface area contributed by atoms with Gasteiger partial charge in [0.15, 0.2) is 5.17 Å². The van der Waals surface area contributed by atoms with Crippen molar-refractivity contribution in [1.29, 1.82) is 0 Å². The molecule has 0 bridgehead atoms. The van der Waals surface area contributed by atoms with Crippen LogP contribution in [-0.2, 0) is 11.4 Å². The van der Waals surface area contributed by atoms with Crippen molar-refractivity contribution in [3.8, 4) is 5.75 Å². The largest absolute Gasteiger partial charge is 0.488 e. The van der Waals surface area contributed by atoms with Gasteiger partial charge in [-0.1, -0.05) is 81.2 Å². The number of thioether (sulfide) groups is 1. The number of ether oxygens (including phenoxy) is 1. The summed E-state index contributed by atoms with van der Waals surface area (Å²) >= 11 is 4.94. The number of aryl methyl sites for hydroxylation is 3. The molecule has 1 saturated heterocycles. The number of rotatable bonds is 6. The summed E-state index contributed by atoms with van der Waals surface area (Å²) in [5.74, 6) is 0.592. The standard InChI is InChI=1S/C32H27BrN2O2S/c1-21-4-10-24(11-5-21)20-37-29-17-12-26(33)18-25(29)19-30-31(36)35(28-15-8-23(3)9-16-28)32(38-30)34-27-13-6-22(2)7-14-27/h4-19H,20H2,1-3H3/b30-19-,34-32?. The maximum Gasteiger partial charge on any atom is 0.271 e. The zero-order chi connectivity index (χ0) is 26.6. The highest BCUT2D eigenvalue weighted by Crippen LogP contribution is 2.39. The third kappa shape index (κ3) is 6.09. The van der Waals surface area contributed by atoms with Gasteiger partial charge in [-0.05, 0) is 86.6 Å². The first-order valence-electron chi connectivity index (χ1n) is 12.3. The minimum Gasteiger partial charge on any atom is -0.488 e. The molecule has 0 unspecified atom stereocenters. The van der Waals surface area contributed by atoms with Gasteiger partial charge in [0.1, 0.15) is 12.4 Å². The molecule has 190 valence electrons. The Labute approximate surface area is 236 Å². The molecule has 1 heterocycles. The maximum atomic E-state index is 13.8. The van der Waals surface area contributed by atoms with Gasteiger partial charge in [-0.25, -0.2) is 4.99 Å². The van der Waals surface area contributed by atoms with Gasteiger partial charge in [0.05, 0.1) is 16.3 Å². The van der Waals surface area contributed by atoms with Crippen molar-refractivity contribution in [3.05, 3.63) is 128 Å². The summed E-state index contributed by atoms with van der Waals surface area (Å²) in [6, 6.07) is 30.0. The second-order valence-corrected chi connectivity index (χ2v) is 11.2. The highest BCUT2D eigenvalue weighted by atomic mass is 79.9. The van der Waals surface area contributed by atoms with E-state index in [2.05, 4.69) is 47.1 Å². The third-order valence-electron chi connectivity index (χ3n) is 6.13. The monoisotopic (exact) mass is 582 g/mol. The summed E-state index contributed by atoms with van der Waals surface area (Å²) in [5, 5.41) is 0.617. The van der Waals surface area contributed by atoms with Crippen LogP contribution in [0.5, 0.6) is 5.75 Å². The lowest BCUT2D eigenvalue weighted by molar-refractivity contribution is -0.113. The van der Waals surface area contributed by atoms with Gasteiger partial charge < -0.3 is 4.74 Å². The average Bonchev–Trinajstić information content (AvgIpc) is 3.20. The van der Waals surface area contributed by atoms with Gasteiger partial charge in [0.2, 0.25) is 0 Å². The second kappa shape index (κ2) is 11.4. The molecule has 1 aliphatic rings. The van der Waals surface area contributed by atoms with Crippen LogP contribution in [0.25, 0.3) is 6.08 Å². The first-order chi connectivity index (χ1) is 18.4. The average molecular weight is 584 g/mol. The molecular weight excluding hydrogens is 556 g/mol. The van der Waals surface area contributed by atoms with E-state index in [1.807, 2.05) is 86.7 Å². The normalized spacial score (nSPS) is 15.5. The maximum absolute atomic E-state index is 13.8. The van der Waals surface area contributed by atoms with E-state index in [4.69, 9.17) is 9.73 Å². The molecule has 0 aliphatic carbocycles. The molecule has 0 aromatic heterocycles. The Bertz CT molecular complexity index is 1530. The van der Waals surface area contributed by atoms with E-state index in [1.165, 1.54) is 17.3 Å². The highest BCUT2D eigenvalue weighted by Gasteiger charge is 2.35. The number of carbonyl (C=O) groups excluding carboxylic acids is 1. The van der Waals surface area contributed by atoms with Gasteiger partial charge in [-0.3, -0.25) is 9.69 Å². The number of halogens is 1. The van der Waals surface area contributed by atoms with E-state index in [-0.39, 0.29) is 5.91 Å². The molecule has 38 heavy (non-hydrogen) atoms. The molecule has 4 nitrogen and oxygen atoms in total. The fourth-order valence-corrected chi connectivity index (χ4v) is 5.32. The summed E-state index contributed by atoms with van der Waals surface area (Å²) in [4.78, 5) is 20.9. The van der Waals surface area contributed by atoms with E-state index in [0.717, 1.165) is 38.1 Å². The Morgan fingerprint density at radius 1 is 0.842 bits per heavy atom. The molecule has 0 N–H and O–H groups in total. The molecule has 0 saturated carbocycles. The minimum atomic E-state index is -0.117. The molecule has 4 aromatic carbocycles. The van der Waals surface area contributed by atoms with Crippen molar-refractivity contribution in [2.45, 2.75) is 27.4 Å². The molecule has 0 radical (unpaired) electrons. The number of amides is 1. The van der Waals surface area contributed by atoms with E-state index < -0.39 is 0 Å². The summed E-state index contributed by atoms with van der Waals surface area (Å²) in [6.07, 6.45) is 1.89. The van der Waals surface area contributed by atoms with Crippen LogP contribution in [0.2, 0.25) is 0 Å². The third-order valence-corrected chi connectivity index (χ3v) is 7.59. The molecule has 6 heteroatoms. The molecule has 4 aromatic rings. The Morgan fingerprint density at radius 2 is 1.45 bits per heavy atom. The van der Waals surface area contributed by atoms with Crippen LogP contribution in [-0.4, -0.2) is 11.1 Å². The zero-order valence-corrected chi connectivity index (χ0v) is 23.8. The Balaban J connectivity index is 1.50. The van der Waals surface area contributed by atoms with Crippen LogP contribution in [0.1, 0.15) is 27.8 Å². The van der Waals surface area contributed by atoms with Gasteiger partial charge in [-0.2, -0.15) is 0 Å². The van der Waals surface area contributed by atoms with Crippen molar-refractivity contribution in [2.24, 2.45) is 4.99 Å². The van der Waals surface area contributed by atoms with Crippen LogP contribution in [0, 0.1) is 20.8 Å². The van der Waals surface area contributed by atoms with E-state index in [1.54, 1.807) is 4.90 Å². The number of hydrogen-bond donors (Lipinski definition) is 0. The van der Waals surface area contributed by atoms with E-state index >= 15 is 0 Å². The van der Waals surface area contributed by atoms with Crippen molar-refractivity contribution in [1.82, 2.24) is 0 Å². The van der Waals surface area contributed by atoms with Crippen LogP contribution in [0.4, 0.5) is 11.4 Å². The fraction of sp³-hybridized carbons (Fsp3) is 0.125. The molecular formula is C32H27BrN2O2S. The van der Waals surface area contributed by atoms with Crippen molar-refractivity contribution < 1.29 is 9.53 Å². The predicted molar refractivity (Wildman–Crippen MR) is 162 cm³/mol. The number of nitrogens with zero attached hydrogens (tertiary/aromatic N) is 2. The van der Waals surface area contributed by atoms with Crippen molar-refractivity contribution >= 4 is 56.2 Å². The summed E-state index contributed by atoms with van der Waals surface area (Å²) < 4.78 is 7.10. The molecule has 1 amide bonds. The fourth-order valence-electron chi connectivity index (χ4n) is 3.95. The van der Waals surface area contributed by atoms with Crippen LogP contribution in [0.15, 0.2) is 105 Å². The molecule has 0 spiro atoms. The number of amidine groups is 1. The second-order valence-electron chi connectivity index (χ2n) is 9.27. The number of anilines is 1. The van der Waals surface area contributed by atoms with Crippen LogP contribution >= 0.6 is 27.7 Å². The van der Waals surface area contributed by atoms with E-state index in [9.17, 15) is 4.79 Å². The quantitative estimate of drug-likeness (QED) is 0.213. The summed E-state index contributed by atoms with van der Waals surface area (Å²) in [5.41, 5.74) is 6.99. The first kappa shape index (κ1) is 26.0. The number of benzene rings is 4. The first-order valence-corrected chi connectivity index (χ1v) is 13.9.